The first-order valence-corrected chi connectivity index (χ1v) is 5.61. The van der Waals surface area contributed by atoms with Crippen molar-refractivity contribution in [1.29, 1.82) is 0 Å². The van der Waals surface area contributed by atoms with E-state index < -0.39 is 0 Å². The Hall–Kier alpha value is -2.01. The highest BCUT2D eigenvalue weighted by Gasteiger charge is 2.11. The number of aromatic nitrogens is 2. The first-order chi connectivity index (χ1) is 8.65. The number of benzene rings is 1. The summed E-state index contributed by atoms with van der Waals surface area (Å²) < 4.78 is 12.1. The van der Waals surface area contributed by atoms with Crippen molar-refractivity contribution < 1.29 is 9.47 Å². The van der Waals surface area contributed by atoms with Crippen LogP contribution in [-0.4, -0.2) is 24.0 Å². The number of hydrogen-bond donors (Lipinski definition) is 1. The molecule has 0 amide bonds. The molecule has 0 aliphatic carbocycles. The molecular weight excluding hydrogens is 230 g/mol. The maximum atomic E-state index is 5.80. The van der Waals surface area contributed by atoms with Crippen LogP contribution in [0.1, 0.15) is 5.56 Å². The van der Waals surface area contributed by atoms with E-state index >= 15 is 0 Å². The average molecular weight is 247 g/mol. The van der Waals surface area contributed by atoms with Gasteiger partial charge in [-0.3, -0.25) is 4.68 Å². The molecule has 5 nitrogen and oxygen atoms in total. The van der Waals surface area contributed by atoms with Gasteiger partial charge < -0.3 is 15.2 Å². The molecule has 5 heteroatoms. The van der Waals surface area contributed by atoms with Crippen LogP contribution in [0.5, 0.6) is 5.75 Å². The highest BCUT2D eigenvalue weighted by Crippen LogP contribution is 2.31. The molecule has 0 aliphatic heterocycles. The van der Waals surface area contributed by atoms with E-state index in [1.54, 1.807) is 18.9 Å². The fourth-order valence-electron chi connectivity index (χ4n) is 1.83. The lowest BCUT2D eigenvalue weighted by molar-refractivity contribution is 0.185. The maximum Gasteiger partial charge on any atom is 0.128 e. The van der Waals surface area contributed by atoms with Gasteiger partial charge in [-0.05, 0) is 17.7 Å². The van der Waals surface area contributed by atoms with Crippen LogP contribution in [0.3, 0.4) is 0 Å². The number of nitrogens with zero attached hydrogens (tertiary/aromatic N) is 2. The number of methoxy groups -OCH3 is 2. The SMILES string of the molecule is COCc1ccc(OC)c(-c2cc(N)n(C)n2)c1. The zero-order valence-corrected chi connectivity index (χ0v) is 10.8. The van der Waals surface area contributed by atoms with Crippen LogP contribution in [0.15, 0.2) is 24.3 Å². The van der Waals surface area contributed by atoms with Crippen molar-refractivity contribution in [2.75, 3.05) is 20.0 Å². The molecule has 2 aromatic rings. The van der Waals surface area contributed by atoms with E-state index in [2.05, 4.69) is 5.10 Å². The molecule has 0 bridgehead atoms. The summed E-state index contributed by atoms with van der Waals surface area (Å²) in [5.41, 5.74) is 8.58. The Morgan fingerprint density at radius 2 is 2.06 bits per heavy atom. The zero-order valence-electron chi connectivity index (χ0n) is 10.8. The second kappa shape index (κ2) is 5.10. The van der Waals surface area contributed by atoms with Gasteiger partial charge in [0.1, 0.15) is 11.6 Å². The molecule has 0 aliphatic rings. The summed E-state index contributed by atoms with van der Waals surface area (Å²) in [7, 11) is 5.12. The van der Waals surface area contributed by atoms with Gasteiger partial charge in [-0.15, -0.1) is 0 Å². The molecule has 0 radical (unpaired) electrons. The lowest BCUT2D eigenvalue weighted by Crippen LogP contribution is -1.97. The Labute approximate surface area is 106 Å². The van der Waals surface area contributed by atoms with Crippen LogP contribution in [0.25, 0.3) is 11.3 Å². The predicted molar refractivity (Wildman–Crippen MR) is 70.3 cm³/mol. The molecule has 1 aromatic carbocycles. The molecule has 0 fully saturated rings. The Balaban J connectivity index is 2.49. The van der Waals surface area contributed by atoms with Gasteiger partial charge in [-0.25, -0.2) is 0 Å². The molecule has 96 valence electrons. The van der Waals surface area contributed by atoms with E-state index in [9.17, 15) is 0 Å². The first kappa shape index (κ1) is 12.4. The number of ether oxygens (including phenoxy) is 2. The third-order valence-corrected chi connectivity index (χ3v) is 2.77. The summed E-state index contributed by atoms with van der Waals surface area (Å²) in [5.74, 6) is 1.39. The molecular formula is C13H17N3O2. The monoisotopic (exact) mass is 247 g/mol. The number of nitrogens with two attached hydrogens (primary N) is 1. The predicted octanol–water partition coefficient (Wildman–Crippen LogP) is 1.82. The molecule has 1 aromatic heterocycles. The Morgan fingerprint density at radius 3 is 2.61 bits per heavy atom. The third kappa shape index (κ3) is 2.31. The lowest BCUT2D eigenvalue weighted by Gasteiger charge is -2.08. The van der Waals surface area contributed by atoms with Gasteiger partial charge in [0.2, 0.25) is 0 Å². The minimum atomic E-state index is 0.555. The zero-order chi connectivity index (χ0) is 13.1. The van der Waals surface area contributed by atoms with Crippen LogP contribution in [0.2, 0.25) is 0 Å². The standard InChI is InChI=1S/C13H17N3O2/c1-16-13(14)7-11(15-16)10-6-9(8-17-2)4-5-12(10)18-3/h4-7H,8,14H2,1-3H3. The Morgan fingerprint density at radius 1 is 1.28 bits per heavy atom. The summed E-state index contributed by atoms with van der Waals surface area (Å²) in [6.45, 7) is 0.555. The Bertz CT molecular complexity index is 530. The van der Waals surface area contributed by atoms with Crippen LogP contribution >= 0.6 is 0 Å². The molecule has 0 spiro atoms. The van der Waals surface area contributed by atoms with Crippen molar-refractivity contribution in [2.24, 2.45) is 7.05 Å². The quantitative estimate of drug-likeness (QED) is 0.895. The highest BCUT2D eigenvalue weighted by molar-refractivity contribution is 5.70. The molecule has 1 heterocycles. The minimum absolute atomic E-state index is 0.555. The van der Waals surface area contributed by atoms with Gasteiger partial charge in [0, 0.05) is 25.8 Å². The fraction of sp³-hybridized carbons (Fsp3) is 0.308. The van der Waals surface area contributed by atoms with Gasteiger partial charge >= 0.3 is 0 Å². The fourth-order valence-corrected chi connectivity index (χ4v) is 1.83. The van der Waals surface area contributed by atoms with Crippen molar-refractivity contribution in [3.63, 3.8) is 0 Å². The van der Waals surface area contributed by atoms with Crippen molar-refractivity contribution >= 4 is 5.82 Å². The van der Waals surface area contributed by atoms with Gasteiger partial charge in [-0.1, -0.05) is 6.07 Å². The van der Waals surface area contributed by atoms with Crippen molar-refractivity contribution in [3.8, 4) is 17.0 Å². The molecule has 0 atom stereocenters. The average Bonchev–Trinajstić information content (AvgIpc) is 2.70. The largest absolute Gasteiger partial charge is 0.496 e. The van der Waals surface area contributed by atoms with E-state index in [0.717, 1.165) is 22.6 Å². The first-order valence-electron chi connectivity index (χ1n) is 5.61. The number of anilines is 1. The normalized spacial score (nSPS) is 10.6. The summed E-state index contributed by atoms with van der Waals surface area (Å²) in [4.78, 5) is 0. The summed E-state index contributed by atoms with van der Waals surface area (Å²) in [5, 5.41) is 4.36. The van der Waals surface area contributed by atoms with E-state index in [4.69, 9.17) is 15.2 Å². The maximum absolute atomic E-state index is 5.80. The number of rotatable bonds is 4. The third-order valence-electron chi connectivity index (χ3n) is 2.77. The number of hydrogen-bond acceptors (Lipinski definition) is 4. The van der Waals surface area contributed by atoms with Gasteiger partial charge in [-0.2, -0.15) is 5.10 Å². The van der Waals surface area contributed by atoms with E-state index in [0.29, 0.717) is 12.4 Å². The van der Waals surface area contributed by atoms with Gasteiger partial charge in [0.05, 0.1) is 19.4 Å². The molecule has 2 rings (SSSR count). The van der Waals surface area contributed by atoms with E-state index in [1.807, 2.05) is 31.3 Å². The molecule has 0 saturated heterocycles. The van der Waals surface area contributed by atoms with Crippen molar-refractivity contribution in [1.82, 2.24) is 9.78 Å². The topological polar surface area (TPSA) is 62.3 Å². The van der Waals surface area contributed by atoms with Gasteiger partial charge in [0.15, 0.2) is 0 Å². The van der Waals surface area contributed by atoms with E-state index in [-0.39, 0.29) is 0 Å². The molecule has 0 unspecified atom stereocenters. The second-order valence-electron chi connectivity index (χ2n) is 4.05. The van der Waals surface area contributed by atoms with Crippen LogP contribution in [0.4, 0.5) is 5.82 Å². The van der Waals surface area contributed by atoms with Gasteiger partial charge in [0.25, 0.3) is 0 Å². The number of aryl methyl sites for hydroxylation is 1. The van der Waals surface area contributed by atoms with Crippen molar-refractivity contribution in [3.05, 3.63) is 29.8 Å². The van der Waals surface area contributed by atoms with Crippen LogP contribution in [-0.2, 0) is 18.4 Å². The lowest BCUT2D eigenvalue weighted by atomic mass is 10.1. The Kier molecular flexibility index (Phi) is 3.53. The van der Waals surface area contributed by atoms with Crippen LogP contribution < -0.4 is 10.5 Å². The highest BCUT2D eigenvalue weighted by atomic mass is 16.5. The molecule has 18 heavy (non-hydrogen) atoms. The molecule has 2 N–H and O–H groups in total. The summed E-state index contributed by atoms with van der Waals surface area (Å²) in [6, 6.07) is 7.71. The van der Waals surface area contributed by atoms with E-state index in [1.165, 1.54) is 0 Å². The minimum Gasteiger partial charge on any atom is -0.496 e. The summed E-state index contributed by atoms with van der Waals surface area (Å²) in [6.07, 6.45) is 0. The summed E-state index contributed by atoms with van der Waals surface area (Å²) >= 11 is 0. The van der Waals surface area contributed by atoms with Crippen LogP contribution in [0, 0.1) is 0 Å². The smallest absolute Gasteiger partial charge is 0.128 e. The second-order valence-corrected chi connectivity index (χ2v) is 4.05. The number of nitrogen functional groups attached to an aromatic ring is 1. The van der Waals surface area contributed by atoms with Crippen molar-refractivity contribution in [2.45, 2.75) is 6.61 Å². The molecule has 0 saturated carbocycles.